The zero-order chi connectivity index (χ0) is 17.7. The summed E-state index contributed by atoms with van der Waals surface area (Å²) in [5.74, 6) is 1.63. The van der Waals surface area contributed by atoms with Gasteiger partial charge in [-0.3, -0.25) is 4.90 Å². The summed E-state index contributed by atoms with van der Waals surface area (Å²) in [7, 11) is 0. The Morgan fingerprint density at radius 1 is 1.19 bits per heavy atom. The molecule has 0 unspecified atom stereocenters. The summed E-state index contributed by atoms with van der Waals surface area (Å²) >= 11 is 6.03. The summed E-state index contributed by atoms with van der Waals surface area (Å²) in [5, 5.41) is 0.611. The molecule has 0 bridgehead atoms. The molecule has 0 radical (unpaired) electrons. The van der Waals surface area contributed by atoms with Crippen LogP contribution in [0.25, 0.3) is 0 Å². The van der Waals surface area contributed by atoms with Gasteiger partial charge in [-0.25, -0.2) is 14.8 Å². The van der Waals surface area contributed by atoms with Crippen molar-refractivity contribution in [2.24, 2.45) is 5.41 Å². The molecule has 3 aliphatic heterocycles. The fourth-order valence-corrected chi connectivity index (χ4v) is 4.22. The van der Waals surface area contributed by atoms with Gasteiger partial charge in [0.25, 0.3) is 0 Å². The van der Waals surface area contributed by atoms with Gasteiger partial charge in [0, 0.05) is 48.9 Å². The van der Waals surface area contributed by atoms with E-state index in [1.165, 1.54) is 0 Å². The Bertz CT molecular complexity index is 848. The molecule has 2 aromatic rings. The van der Waals surface area contributed by atoms with Crippen LogP contribution < -0.4 is 14.5 Å². The first-order valence-electron chi connectivity index (χ1n) is 8.63. The number of ether oxygens (including phenoxy) is 1. The lowest BCUT2D eigenvalue weighted by atomic mass is 9.73. The number of rotatable bonds is 1. The standard InChI is InChI=1S/C18H18ClN5O2/c19-13-1-2-14-15(7-13)26-6-5-24(14)17(25)23-10-18(11-23)8-22(9-18)16-3-4-20-12-21-16/h1-4,7,12H,5-6,8-11H2. The molecular formula is C18H18ClN5O2. The van der Waals surface area contributed by atoms with Gasteiger partial charge < -0.3 is 14.5 Å². The second kappa shape index (κ2) is 5.74. The molecule has 2 saturated heterocycles. The van der Waals surface area contributed by atoms with E-state index in [1.54, 1.807) is 29.6 Å². The van der Waals surface area contributed by atoms with Crippen molar-refractivity contribution in [2.75, 3.05) is 49.1 Å². The first-order valence-corrected chi connectivity index (χ1v) is 9.01. The van der Waals surface area contributed by atoms with Crippen molar-refractivity contribution in [1.82, 2.24) is 14.9 Å². The molecule has 3 aliphatic rings. The van der Waals surface area contributed by atoms with E-state index in [1.807, 2.05) is 17.0 Å². The quantitative estimate of drug-likeness (QED) is 0.769. The monoisotopic (exact) mass is 371 g/mol. The second-order valence-electron chi connectivity index (χ2n) is 7.17. The molecule has 0 saturated carbocycles. The zero-order valence-corrected chi connectivity index (χ0v) is 14.9. The van der Waals surface area contributed by atoms with Gasteiger partial charge in [0.1, 0.15) is 24.5 Å². The van der Waals surface area contributed by atoms with E-state index in [4.69, 9.17) is 16.3 Å². The van der Waals surface area contributed by atoms with E-state index in [9.17, 15) is 4.79 Å². The predicted octanol–water partition coefficient (Wildman–Crippen LogP) is 2.27. The summed E-state index contributed by atoms with van der Waals surface area (Å²) in [4.78, 5) is 27.1. The molecule has 2 amide bonds. The van der Waals surface area contributed by atoms with Gasteiger partial charge in [-0.2, -0.15) is 0 Å². The van der Waals surface area contributed by atoms with Crippen LogP contribution >= 0.6 is 11.6 Å². The van der Waals surface area contributed by atoms with Crippen molar-refractivity contribution in [3.63, 3.8) is 0 Å². The Kier molecular flexibility index (Phi) is 3.46. The van der Waals surface area contributed by atoms with Crippen LogP contribution in [0.2, 0.25) is 5.02 Å². The number of carbonyl (C=O) groups is 1. The number of nitrogens with zero attached hydrogens (tertiary/aromatic N) is 5. The molecule has 4 heterocycles. The highest BCUT2D eigenvalue weighted by molar-refractivity contribution is 6.30. The fourth-order valence-electron chi connectivity index (χ4n) is 4.06. The number of hydrogen-bond acceptors (Lipinski definition) is 5. The molecule has 1 aromatic carbocycles. The number of carbonyl (C=O) groups excluding carboxylic acids is 1. The van der Waals surface area contributed by atoms with Crippen molar-refractivity contribution in [1.29, 1.82) is 0 Å². The highest BCUT2D eigenvalue weighted by Gasteiger charge is 2.54. The van der Waals surface area contributed by atoms with Crippen LogP contribution in [-0.2, 0) is 0 Å². The van der Waals surface area contributed by atoms with Gasteiger partial charge in [0.15, 0.2) is 0 Å². The molecule has 0 atom stereocenters. The van der Waals surface area contributed by atoms with Gasteiger partial charge in [0.2, 0.25) is 0 Å². The lowest BCUT2D eigenvalue weighted by Crippen LogP contribution is -2.74. The third-order valence-corrected chi connectivity index (χ3v) is 5.52. The Morgan fingerprint density at radius 2 is 2.04 bits per heavy atom. The predicted molar refractivity (Wildman–Crippen MR) is 97.9 cm³/mol. The van der Waals surface area contributed by atoms with Gasteiger partial charge in [-0.05, 0) is 18.2 Å². The highest BCUT2D eigenvalue weighted by Crippen LogP contribution is 2.43. The third kappa shape index (κ3) is 2.46. The normalized spacial score (nSPS) is 20.1. The number of amides is 2. The average Bonchev–Trinajstić information content (AvgIpc) is 2.59. The van der Waals surface area contributed by atoms with E-state index in [2.05, 4.69) is 14.9 Å². The van der Waals surface area contributed by atoms with Gasteiger partial charge >= 0.3 is 6.03 Å². The zero-order valence-electron chi connectivity index (χ0n) is 14.1. The molecule has 26 heavy (non-hydrogen) atoms. The van der Waals surface area contributed by atoms with Crippen LogP contribution in [0.4, 0.5) is 16.3 Å². The summed E-state index contributed by atoms with van der Waals surface area (Å²) in [6.45, 7) is 4.48. The van der Waals surface area contributed by atoms with Crippen molar-refractivity contribution in [2.45, 2.75) is 0 Å². The molecule has 1 spiro atoms. The number of hydrogen-bond donors (Lipinski definition) is 0. The molecule has 2 fully saturated rings. The summed E-state index contributed by atoms with van der Waals surface area (Å²) < 4.78 is 5.64. The minimum absolute atomic E-state index is 0.0444. The molecule has 1 aromatic heterocycles. The van der Waals surface area contributed by atoms with Gasteiger partial charge in [0.05, 0.1) is 12.2 Å². The topological polar surface area (TPSA) is 61.8 Å². The molecular weight excluding hydrogens is 354 g/mol. The maximum absolute atomic E-state index is 12.9. The van der Waals surface area contributed by atoms with E-state index < -0.39 is 0 Å². The van der Waals surface area contributed by atoms with Crippen molar-refractivity contribution >= 4 is 29.1 Å². The number of benzene rings is 1. The Hall–Kier alpha value is -2.54. The van der Waals surface area contributed by atoms with Crippen LogP contribution in [0.5, 0.6) is 5.75 Å². The van der Waals surface area contributed by atoms with Crippen molar-refractivity contribution in [3.8, 4) is 5.75 Å². The van der Waals surface area contributed by atoms with Crippen LogP contribution in [0.3, 0.4) is 0 Å². The van der Waals surface area contributed by atoms with E-state index in [-0.39, 0.29) is 11.4 Å². The maximum atomic E-state index is 12.9. The second-order valence-corrected chi connectivity index (χ2v) is 7.61. The number of likely N-dealkylation sites (tertiary alicyclic amines) is 1. The summed E-state index contributed by atoms with van der Waals surface area (Å²) in [6, 6.07) is 7.37. The summed E-state index contributed by atoms with van der Waals surface area (Å²) in [5.41, 5.74) is 0.998. The summed E-state index contributed by atoms with van der Waals surface area (Å²) in [6.07, 6.45) is 3.32. The third-order valence-electron chi connectivity index (χ3n) is 5.28. The molecule has 8 heteroatoms. The van der Waals surface area contributed by atoms with Crippen molar-refractivity contribution < 1.29 is 9.53 Å². The van der Waals surface area contributed by atoms with Crippen LogP contribution in [0.15, 0.2) is 36.8 Å². The Labute approximate surface area is 156 Å². The van der Waals surface area contributed by atoms with E-state index in [0.29, 0.717) is 23.9 Å². The average molecular weight is 372 g/mol. The first kappa shape index (κ1) is 15.7. The minimum Gasteiger partial charge on any atom is -0.489 e. The number of anilines is 2. The largest absolute Gasteiger partial charge is 0.489 e. The number of aromatic nitrogens is 2. The maximum Gasteiger partial charge on any atom is 0.324 e. The van der Waals surface area contributed by atoms with Crippen LogP contribution in [-0.4, -0.2) is 60.2 Å². The minimum atomic E-state index is 0.0444. The number of halogens is 1. The highest BCUT2D eigenvalue weighted by atomic mass is 35.5. The van der Waals surface area contributed by atoms with E-state index >= 15 is 0 Å². The molecule has 5 rings (SSSR count). The van der Waals surface area contributed by atoms with E-state index in [0.717, 1.165) is 37.7 Å². The Morgan fingerprint density at radius 3 is 2.81 bits per heavy atom. The van der Waals surface area contributed by atoms with Crippen molar-refractivity contribution in [3.05, 3.63) is 41.8 Å². The first-order chi connectivity index (χ1) is 12.6. The number of fused-ring (bicyclic) bond motifs is 1. The van der Waals surface area contributed by atoms with Gasteiger partial charge in [-0.1, -0.05) is 11.6 Å². The lowest BCUT2D eigenvalue weighted by Gasteiger charge is -2.60. The van der Waals surface area contributed by atoms with Crippen LogP contribution in [0, 0.1) is 5.41 Å². The van der Waals surface area contributed by atoms with Gasteiger partial charge in [-0.15, -0.1) is 0 Å². The molecule has 7 nitrogen and oxygen atoms in total. The lowest BCUT2D eigenvalue weighted by molar-refractivity contribution is 0.00928. The molecule has 0 N–H and O–H groups in total. The fraction of sp³-hybridized carbons (Fsp3) is 0.389. The van der Waals surface area contributed by atoms with Crippen LogP contribution in [0.1, 0.15) is 0 Å². The molecule has 134 valence electrons. The Balaban J connectivity index is 1.24. The number of urea groups is 1. The molecule has 0 aliphatic carbocycles. The smallest absolute Gasteiger partial charge is 0.324 e. The SMILES string of the molecule is O=C(N1CC2(C1)CN(c1ccncn1)C2)N1CCOc2cc(Cl)ccc21.